The zero-order valence-electron chi connectivity index (χ0n) is 9.40. The highest BCUT2D eigenvalue weighted by molar-refractivity contribution is 5.79. The topological polar surface area (TPSA) is 75.3 Å². The van der Waals surface area contributed by atoms with Crippen molar-refractivity contribution in [1.29, 1.82) is 0 Å². The molecule has 1 fully saturated rings. The second-order valence-electron chi connectivity index (χ2n) is 3.99. The first-order valence-corrected chi connectivity index (χ1v) is 5.47. The highest BCUT2D eigenvalue weighted by atomic mass is 15.3. The molecule has 0 aliphatic heterocycles. The van der Waals surface area contributed by atoms with E-state index in [-0.39, 0.29) is 0 Å². The number of aliphatic imine (C=N–C) groups is 1. The van der Waals surface area contributed by atoms with Crippen molar-refractivity contribution in [3.8, 4) is 0 Å². The molecule has 5 nitrogen and oxygen atoms in total. The number of guanidine groups is 1. The summed E-state index contributed by atoms with van der Waals surface area (Å²) in [6, 6.07) is 4.49. The van der Waals surface area contributed by atoms with E-state index >= 15 is 0 Å². The number of nitrogens with two attached hydrogens (primary N) is 1. The summed E-state index contributed by atoms with van der Waals surface area (Å²) in [5, 5.41) is 3.22. The number of hydrogen-bond acceptors (Lipinski definition) is 3. The van der Waals surface area contributed by atoms with Crippen LogP contribution in [0.3, 0.4) is 0 Å². The Morgan fingerprint density at radius 3 is 3.06 bits per heavy atom. The molecule has 1 aliphatic carbocycles. The maximum Gasteiger partial charge on any atom is 0.206 e. The second kappa shape index (κ2) is 4.94. The molecule has 0 atom stereocenters. The smallest absolute Gasteiger partial charge is 0.206 e. The number of rotatable bonds is 3. The molecule has 1 saturated carbocycles. The SMILES string of the molecule is Cc1cccnc1CN=C(NN)NC1CC1. The van der Waals surface area contributed by atoms with E-state index in [4.69, 9.17) is 5.84 Å². The zero-order chi connectivity index (χ0) is 11.4. The van der Waals surface area contributed by atoms with Crippen LogP contribution in [0.4, 0.5) is 0 Å². The monoisotopic (exact) mass is 219 g/mol. The molecule has 0 amide bonds. The number of aryl methyl sites for hydroxylation is 1. The predicted molar refractivity (Wildman–Crippen MR) is 63.6 cm³/mol. The van der Waals surface area contributed by atoms with Crippen LogP contribution >= 0.6 is 0 Å². The molecule has 0 bridgehead atoms. The van der Waals surface area contributed by atoms with Crippen molar-refractivity contribution in [3.05, 3.63) is 29.6 Å². The van der Waals surface area contributed by atoms with Crippen molar-refractivity contribution in [2.75, 3.05) is 0 Å². The van der Waals surface area contributed by atoms with Crippen molar-refractivity contribution < 1.29 is 0 Å². The summed E-state index contributed by atoms with van der Waals surface area (Å²) in [5.41, 5.74) is 4.70. The van der Waals surface area contributed by atoms with Crippen LogP contribution in [0.2, 0.25) is 0 Å². The van der Waals surface area contributed by atoms with Crippen molar-refractivity contribution in [3.63, 3.8) is 0 Å². The Labute approximate surface area is 95.1 Å². The standard InChI is InChI=1S/C11H17N5/c1-8-3-2-6-13-10(8)7-14-11(16-12)15-9-4-5-9/h2-3,6,9H,4-5,7,12H2,1H3,(H2,14,15,16). The van der Waals surface area contributed by atoms with Gasteiger partial charge in [-0.25, -0.2) is 10.8 Å². The predicted octanol–water partition coefficient (Wildman–Crippen LogP) is 0.461. The number of pyridine rings is 1. The molecule has 0 radical (unpaired) electrons. The molecular weight excluding hydrogens is 202 g/mol. The van der Waals surface area contributed by atoms with Crippen molar-refractivity contribution in [2.24, 2.45) is 10.8 Å². The summed E-state index contributed by atoms with van der Waals surface area (Å²) in [5.74, 6) is 6.03. The van der Waals surface area contributed by atoms with Crippen LogP contribution in [0.25, 0.3) is 0 Å². The van der Waals surface area contributed by atoms with Gasteiger partial charge >= 0.3 is 0 Å². The van der Waals surface area contributed by atoms with Crippen molar-refractivity contribution >= 4 is 5.96 Å². The fraction of sp³-hybridized carbons (Fsp3) is 0.455. The fourth-order valence-electron chi connectivity index (χ4n) is 1.39. The quantitative estimate of drug-likeness (QED) is 0.299. The van der Waals surface area contributed by atoms with Gasteiger partial charge in [-0.05, 0) is 31.4 Å². The number of nitrogens with zero attached hydrogens (tertiary/aromatic N) is 2. The van der Waals surface area contributed by atoms with Gasteiger partial charge < -0.3 is 5.32 Å². The highest BCUT2D eigenvalue weighted by Gasteiger charge is 2.21. The molecule has 0 aromatic carbocycles. The first-order chi connectivity index (χ1) is 7.79. The Hall–Kier alpha value is -1.62. The summed E-state index contributed by atoms with van der Waals surface area (Å²) < 4.78 is 0. The van der Waals surface area contributed by atoms with Crippen molar-refractivity contribution in [2.45, 2.75) is 32.4 Å². The normalized spacial score (nSPS) is 16.0. The van der Waals surface area contributed by atoms with E-state index in [1.807, 2.05) is 19.1 Å². The molecule has 5 heteroatoms. The van der Waals surface area contributed by atoms with Gasteiger partial charge in [0.05, 0.1) is 12.2 Å². The van der Waals surface area contributed by atoms with Gasteiger partial charge in [-0.2, -0.15) is 0 Å². The first-order valence-electron chi connectivity index (χ1n) is 5.47. The average molecular weight is 219 g/mol. The van der Waals surface area contributed by atoms with E-state index in [2.05, 4.69) is 20.7 Å². The average Bonchev–Trinajstić information content (AvgIpc) is 3.10. The minimum absolute atomic E-state index is 0.541. The molecule has 2 rings (SSSR count). The largest absolute Gasteiger partial charge is 0.353 e. The molecule has 0 spiro atoms. The lowest BCUT2D eigenvalue weighted by Gasteiger charge is -2.08. The van der Waals surface area contributed by atoms with Gasteiger partial charge in [0.1, 0.15) is 0 Å². The van der Waals surface area contributed by atoms with Crippen LogP contribution in [-0.2, 0) is 6.54 Å². The first kappa shape index (κ1) is 10.9. The molecule has 1 aromatic rings. The molecule has 4 N–H and O–H groups in total. The number of aromatic nitrogens is 1. The lowest BCUT2D eigenvalue weighted by atomic mass is 10.2. The molecule has 16 heavy (non-hydrogen) atoms. The molecule has 1 aromatic heterocycles. The van der Waals surface area contributed by atoms with Gasteiger partial charge in [-0.15, -0.1) is 0 Å². The summed E-state index contributed by atoms with van der Waals surface area (Å²) in [7, 11) is 0. The maximum atomic E-state index is 5.39. The van der Waals surface area contributed by atoms with E-state index in [1.54, 1.807) is 6.20 Å². The number of hydrogen-bond donors (Lipinski definition) is 3. The molecular formula is C11H17N5. The number of hydrazine groups is 1. The second-order valence-corrected chi connectivity index (χ2v) is 3.99. The molecule has 0 saturated heterocycles. The minimum Gasteiger partial charge on any atom is -0.353 e. The van der Waals surface area contributed by atoms with E-state index in [1.165, 1.54) is 12.8 Å². The lowest BCUT2D eigenvalue weighted by molar-refractivity contribution is 0.815. The van der Waals surface area contributed by atoms with E-state index in [0.717, 1.165) is 11.3 Å². The highest BCUT2D eigenvalue weighted by Crippen LogP contribution is 2.18. The van der Waals surface area contributed by atoms with Gasteiger partial charge in [0.25, 0.3) is 0 Å². The van der Waals surface area contributed by atoms with Gasteiger partial charge in [-0.3, -0.25) is 10.4 Å². The third kappa shape index (κ3) is 2.93. The minimum atomic E-state index is 0.541. The van der Waals surface area contributed by atoms with E-state index in [0.29, 0.717) is 18.5 Å². The Balaban J connectivity index is 1.97. The summed E-state index contributed by atoms with van der Waals surface area (Å²) in [6.07, 6.45) is 4.17. The van der Waals surface area contributed by atoms with E-state index < -0.39 is 0 Å². The Bertz CT molecular complexity index is 384. The Morgan fingerprint density at radius 1 is 1.62 bits per heavy atom. The zero-order valence-corrected chi connectivity index (χ0v) is 9.40. The number of nitrogens with one attached hydrogen (secondary N) is 2. The summed E-state index contributed by atoms with van der Waals surface area (Å²) in [6.45, 7) is 2.58. The van der Waals surface area contributed by atoms with Crippen LogP contribution in [0, 0.1) is 6.92 Å². The third-order valence-electron chi connectivity index (χ3n) is 2.56. The van der Waals surface area contributed by atoms with Crippen LogP contribution in [-0.4, -0.2) is 17.0 Å². The van der Waals surface area contributed by atoms with Gasteiger partial charge in [0.15, 0.2) is 0 Å². The van der Waals surface area contributed by atoms with Crippen LogP contribution in [0.15, 0.2) is 23.3 Å². The van der Waals surface area contributed by atoms with Crippen molar-refractivity contribution in [1.82, 2.24) is 15.7 Å². The Morgan fingerprint density at radius 2 is 2.44 bits per heavy atom. The molecule has 1 heterocycles. The van der Waals surface area contributed by atoms with Gasteiger partial charge in [-0.1, -0.05) is 6.07 Å². The van der Waals surface area contributed by atoms with Gasteiger partial charge in [0.2, 0.25) is 5.96 Å². The fourth-order valence-corrected chi connectivity index (χ4v) is 1.39. The molecule has 1 aliphatic rings. The molecule has 86 valence electrons. The summed E-state index contributed by atoms with van der Waals surface area (Å²) >= 11 is 0. The third-order valence-corrected chi connectivity index (χ3v) is 2.56. The van der Waals surface area contributed by atoms with E-state index in [9.17, 15) is 0 Å². The Kier molecular flexibility index (Phi) is 3.36. The van der Waals surface area contributed by atoms with Crippen LogP contribution in [0.5, 0.6) is 0 Å². The van der Waals surface area contributed by atoms with Gasteiger partial charge in [0, 0.05) is 12.2 Å². The van der Waals surface area contributed by atoms with Crippen LogP contribution in [0.1, 0.15) is 24.1 Å². The maximum absolute atomic E-state index is 5.39. The lowest BCUT2D eigenvalue weighted by Crippen LogP contribution is -2.42. The molecule has 0 unspecified atom stereocenters. The van der Waals surface area contributed by atoms with Crippen LogP contribution < -0.4 is 16.6 Å². The summed E-state index contributed by atoms with van der Waals surface area (Å²) in [4.78, 5) is 8.64.